The number of hydrogen-bond donors (Lipinski definition) is 1. The number of carbonyl (C=O) groups excluding carboxylic acids is 2. The minimum atomic E-state index is -4.39. The third kappa shape index (κ3) is 37.2. The molecule has 298 valence electrons. The number of ether oxygens (including phenoxy) is 2. The monoisotopic (exact) mass is 751 g/mol. The van der Waals surface area contributed by atoms with E-state index in [0.29, 0.717) is 30.3 Å². The molecule has 0 heterocycles. The van der Waals surface area contributed by atoms with Gasteiger partial charge in [-0.15, -0.1) is 0 Å². The van der Waals surface area contributed by atoms with Crippen molar-refractivity contribution in [2.24, 2.45) is 0 Å². The van der Waals surface area contributed by atoms with E-state index in [0.717, 1.165) is 70.6 Å². The second kappa shape index (κ2) is 34.2. The summed E-state index contributed by atoms with van der Waals surface area (Å²) in [6.45, 7) is 4.15. The van der Waals surface area contributed by atoms with Crippen LogP contribution in [-0.2, 0) is 32.7 Å². The fourth-order valence-corrected chi connectivity index (χ4v) is 5.36. The van der Waals surface area contributed by atoms with Gasteiger partial charge in [0, 0.05) is 12.8 Å². The highest BCUT2D eigenvalue weighted by molar-refractivity contribution is 7.47. The zero-order chi connectivity index (χ0) is 38.6. The molecule has 1 unspecified atom stereocenters. The number of hydrogen-bond acceptors (Lipinski definition) is 7. The van der Waals surface area contributed by atoms with Crippen molar-refractivity contribution < 1.29 is 42.1 Å². The van der Waals surface area contributed by atoms with Crippen molar-refractivity contribution in [2.75, 3.05) is 47.5 Å². The smallest absolute Gasteiger partial charge is 0.462 e. The Morgan fingerprint density at radius 1 is 0.615 bits per heavy atom. The van der Waals surface area contributed by atoms with E-state index in [1.807, 2.05) is 27.2 Å². The first kappa shape index (κ1) is 49.5. The average molecular weight is 751 g/mol. The maximum absolute atomic E-state index is 12.6. The van der Waals surface area contributed by atoms with Gasteiger partial charge in [0.05, 0.1) is 27.7 Å². The standard InChI is InChI=1S/C42H72NO8P/c1-6-8-10-12-14-16-18-19-20-21-22-23-25-27-29-31-33-35-42(45)51-40(39-50-52(46,47)49-37-36-43(3,4)5)38-48-41(44)34-32-30-28-26-24-17-15-13-11-9-7-2/h8,10,13-16,19-20,22-23,27,29,40H,6-7,9,11-12,17-18,21,24-26,28,30-39H2,1-5H3/p+1/b10-8+,15-13+,16-14+,20-19+,23-22+,29-27+/t40-/m1/s1. The molecule has 0 spiro atoms. The number of carbonyl (C=O) groups is 2. The molecule has 0 aromatic rings. The van der Waals surface area contributed by atoms with Crippen LogP contribution in [0.4, 0.5) is 0 Å². The lowest BCUT2D eigenvalue weighted by Crippen LogP contribution is -2.37. The summed E-state index contributed by atoms with van der Waals surface area (Å²) < 4.78 is 34.1. The van der Waals surface area contributed by atoms with Crippen LogP contribution in [0, 0.1) is 0 Å². The maximum atomic E-state index is 12.6. The van der Waals surface area contributed by atoms with Crippen LogP contribution in [0.3, 0.4) is 0 Å². The Labute approximate surface area is 317 Å². The molecule has 9 nitrogen and oxygen atoms in total. The van der Waals surface area contributed by atoms with Crippen molar-refractivity contribution in [2.45, 2.75) is 136 Å². The Morgan fingerprint density at radius 3 is 1.71 bits per heavy atom. The quantitative estimate of drug-likeness (QED) is 0.0228. The Morgan fingerprint density at radius 2 is 1.12 bits per heavy atom. The molecule has 0 rings (SSSR count). The van der Waals surface area contributed by atoms with Crippen LogP contribution in [0.1, 0.15) is 129 Å². The Balaban J connectivity index is 4.56. The van der Waals surface area contributed by atoms with E-state index in [4.69, 9.17) is 18.5 Å². The van der Waals surface area contributed by atoms with Gasteiger partial charge in [-0.05, 0) is 70.6 Å². The van der Waals surface area contributed by atoms with Gasteiger partial charge in [0.1, 0.15) is 19.8 Å². The van der Waals surface area contributed by atoms with Crippen LogP contribution in [-0.4, -0.2) is 74.9 Å². The minimum absolute atomic E-state index is 0.0160. The predicted molar refractivity (Wildman–Crippen MR) is 215 cm³/mol. The van der Waals surface area contributed by atoms with E-state index in [9.17, 15) is 19.0 Å². The highest BCUT2D eigenvalue weighted by Crippen LogP contribution is 2.43. The molecule has 0 saturated heterocycles. The minimum Gasteiger partial charge on any atom is -0.462 e. The van der Waals surface area contributed by atoms with Crippen LogP contribution in [0.5, 0.6) is 0 Å². The van der Waals surface area contributed by atoms with Crippen LogP contribution >= 0.6 is 7.82 Å². The fourth-order valence-electron chi connectivity index (χ4n) is 4.62. The largest absolute Gasteiger partial charge is 0.472 e. The molecule has 0 radical (unpaired) electrons. The Kier molecular flexibility index (Phi) is 32.6. The maximum Gasteiger partial charge on any atom is 0.472 e. The molecule has 10 heteroatoms. The first-order chi connectivity index (χ1) is 25.0. The SMILES string of the molecule is CC/C=C/C/C=C/C/C=C/C/C=C/C/C=C/CCCC(=O)O[C@H](COC(=O)CCCCCCC/C=C/CCCC)COP(=O)(O)OCC[N+](C)(C)C. The molecule has 0 aliphatic carbocycles. The molecule has 0 fully saturated rings. The van der Waals surface area contributed by atoms with Gasteiger partial charge in [0.2, 0.25) is 0 Å². The van der Waals surface area contributed by atoms with Crippen LogP contribution in [0.15, 0.2) is 72.9 Å². The fraction of sp³-hybridized carbons (Fsp3) is 0.667. The number of quaternary nitrogens is 1. The van der Waals surface area contributed by atoms with Gasteiger partial charge in [0.15, 0.2) is 6.10 Å². The lowest BCUT2D eigenvalue weighted by Gasteiger charge is -2.24. The third-order valence-corrected chi connectivity index (χ3v) is 8.70. The highest BCUT2D eigenvalue weighted by atomic mass is 31.2. The van der Waals surface area contributed by atoms with Gasteiger partial charge in [-0.1, -0.05) is 119 Å². The van der Waals surface area contributed by atoms with Gasteiger partial charge in [0.25, 0.3) is 0 Å². The molecular weight excluding hydrogens is 677 g/mol. The number of nitrogens with zero attached hydrogens (tertiary/aromatic N) is 1. The Hall–Kier alpha value is -2.55. The molecular formula is C42H73NO8P+. The normalized spacial score (nSPS) is 14.5. The summed E-state index contributed by atoms with van der Waals surface area (Å²) >= 11 is 0. The number of allylic oxidation sites excluding steroid dienone is 12. The van der Waals surface area contributed by atoms with Crippen molar-refractivity contribution >= 4 is 19.8 Å². The molecule has 2 atom stereocenters. The number of phosphoric acid groups is 1. The first-order valence-corrected chi connectivity index (χ1v) is 21.2. The van der Waals surface area contributed by atoms with E-state index >= 15 is 0 Å². The van der Waals surface area contributed by atoms with Crippen molar-refractivity contribution in [1.29, 1.82) is 0 Å². The molecule has 0 amide bonds. The molecule has 0 bridgehead atoms. The topological polar surface area (TPSA) is 108 Å². The molecule has 0 saturated carbocycles. The van der Waals surface area contributed by atoms with E-state index < -0.39 is 32.5 Å². The van der Waals surface area contributed by atoms with Crippen molar-refractivity contribution in [3.63, 3.8) is 0 Å². The van der Waals surface area contributed by atoms with Gasteiger partial charge in [-0.3, -0.25) is 18.6 Å². The lowest BCUT2D eigenvalue weighted by atomic mass is 10.1. The number of phosphoric ester groups is 1. The van der Waals surface area contributed by atoms with E-state index in [2.05, 4.69) is 80.7 Å². The van der Waals surface area contributed by atoms with E-state index in [-0.39, 0.29) is 26.1 Å². The number of unbranched alkanes of at least 4 members (excludes halogenated alkanes) is 8. The van der Waals surface area contributed by atoms with Crippen LogP contribution in [0.25, 0.3) is 0 Å². The van der Waals surface area contributed by atoms with Crippen LogP contribution in [0.2, 0.25) is 0 Å². The summed E-state index contributed by atoms with van der Waals surface area (Å²) in [6.07, 6.45) is 41.0. The van der Waals surface area contributed by atoms with Crippen LogP contribution < -0.4 is 0 Å². The summed E-state index contributed by atoms with van der Waals surface area (Å²) in [4.78, 5) is 35.2. The molecule has 1 N–H and O–H groups in total. The molecule has 52 heavy (non-hydrogen) atoms. The van der Waals surface area contributed by atoms with E-state index in [1.165, 1.54) is 12.8 Å². The molecule has 0 aliphatic heterocycles. The van der Waals surface area contributed by atoms with Crippen molar-refractivity contribution in [3.8, 4) is 0 Å². The summed E-state index contributed by atoms with van der Waals surface area (Å²) in [5.74, 6) is -0.888. The summed E-state index contributed by atoms with van der Waals surface area (Å²) in [5.41, 5.74) is 0. The number of rotatable bonds is 34. The number of likely N-dealkylation sites (N-methyl/N-ethyl adjacent to an activating group) is 1. The zero-order valence-corrected chi connectivity index (χ0v) is 34.2. The van der Waals surface area contributed by atoms with E-state index in [1.54, 1.807) is 0 Å². The summed E-state index contributed by atoms with van der Waals surface area (Å²) in [5, 5.41) is 0. The predicted octanol–water partition coefficient (Wildman–Crippen LogP) is 10.7. The van der Waals surface area contributed by atoms with Crippen molar-refractivity contribution in [3.05, 3.63) is 72.9 Å². The zero-order valence-electron chi connectivity index (χ0n) is 33.3. The second-order valence-corrected chi connectivity index (χ2v) is 15.4. The number of esters is 2. The highest BCUT2D eigenvalue weighted by Gasteiger charge is 2.27. The molecule has 0 aromatic heterocycles. The van der Waals surface area contributed by atoms with Gasteiger partial charge >= 0.3 is 19.8 Å². The Bertz CT molecular complexity index is 1120. The van der Waals surface area contributed by atoms with Gasteiger partial charge < -0.3 is 18.9 Å². The average Bonchev–Trinajstić information content (AvgIpc) is 3.09. The summed E-state index contributed by atoms with van der Waals surface area (Å²) in [7, 11) is 1.42. The third-order valence-electron chi connectivity index (χ3n) is 7.72. The lowest BCUT2D eigenvalue weighted by molar-refractivity contribution is -0.870. The van der Waals surface area contributed by atoms with Gasteiger partial charge in [-0.25, -0.2) is 4.57 Å². The van der Waals surface area contributed by atoms with Crippen molar-refractivity contribution in [1.82, 2.24) is 0 Å². The first-order valence-electron chi connectivity index (χ1n) is 19.7. The molecule has 0 aromatic carbocycles. The molecule has 0 aliphatic rings. The second-order valence-electron chi connectivity index (χ2n) is 13.9. The van der Waals surface area contributed by atoms with Gasteiger partial charge in [-0.2, -0.15) is 0 Å². The summed E-state index contributed by atoms with van der Waals surface area (Å²) in [6, 6.07) is 0.